The van der Waals surface area contributed by atoms with Gasteiger partial charge in [0.2, 0.25) is 0 Å². The molecule has 9 nitrogen and oxygen atoms in total. The molecule has 0 radical (unpaired) electrons. The van der Waals surface area contributed by atoms with Crippen molar-refractivity contribution in [3.8, 4) is 11.5 Å². The summed E-state index contributed by atoms with van der Waals surface area (Å²) in [7, 11) is 3.11. The normalized spacial score (nSPS) is 14.5. The molecule has 30 heavy (non-hydrogen) atoms. The number of benzene rings is 1. The van der Waals surface area contributed by atoms with Crippen molar-refractivity contribution in [2.45, 2.75) is 5.16 Å². The van der Waals surface area contributed by atoms with Gasteiger partial charge in [-0.25, -0.2) is 9.97 Å². The third kappa shape index (κ3) is 5.13. The van der Waals surface area contributed by atoms with Gasteiger partial charge in [0, 0.05) is 50.7 Å². The average Bonchev–Trinajstić information content (AvgIpc) is 2.79. The number of hydrogen-bond donors (Lipinski definition) is 2. The van der Waals surface area contributed by atoms with Crippen LogP contribution < -0.4 is 19.7 Å². The molecule has 2 N–H and O–H groups in total. The predicted molar refractivity (Wildman–Crippen MR) is 117 cm³/mol. The Bertz CT molecular complexity index is 874. The van der Waals surface area contributed by atoms with E-state index in [9.17, 15) is 4.79 Å². The van der Waals surface area contributed by atoms with Gasteiger partial charge in [-0.3, -0.25) is 9.69 Å². The fraction of sp³-hybridized carbons (Fsp3) is 0.450. The number of β-amino-alcohol motifs (C(OH)–C–C–N with tert-alkyl or cyclic N) is 1. The Labute approximate surface area is 180 Å². The van der Waals surface area contributed by atoms with E-state index < -0.39 is 0 Å². The summed E-state index contributed by atoms with van der Waals surface area (Å²) in [6.07, 6.45) is 3.48. The minimum absolute atomic E-state index is 0.142. The van der Waals surface area contributed by atoms with Crippen LogP contribution in [0.3, 0.4) is 0 Å². The summed E-state index contributed by atoms with van der Waals surface area (Å²) in [5.41, 5.74) is 1.00. The number of piperazine rings is 1. The summed E-state index contributed by atoms with van der Waals surface area (Å²) in [6.45, 7) is 3.85. The summed E-state index contributed by atoms with van der Waals surface area (Å²) in [5, 5.41) is 12.7. The number of thioether (sulfide) groups is 1. The Kier molecular flexibility index (Phi) is 7.72. The number of carbonyl (C=O) groups is 1. The van der Waals surface area contributed by atoms with Gasteiger partial charge < -0.3 is 24.8 Å². The van der Waals surface area contributed by atoms with E-state index in [1.807, 2.05) is 6.26 Å². The van der Waals surface area contributed by atoms with Gasteiger partial charge in [0.25, 0.3) is 5.91 Å². The number of nitrogens with one attached hydrogen (secondary N) is 1. The lowest BCUT2D eigenvalue weighted by atomic mass is 10.2. The van der Waals surface area contributed by atoms with Crippen LogP contribution in [0.15, 0.2) is 29.6 Å². The minimum atomic E-state index is -0.289. The highest BCUT2D eigenvalue weighted by molar-refractivity contribution is 7.98. The van der Waals surface area contributed by atoms with Crippen LogP contribution in [0, 0.1) is 0 Å². The van der Waals surface area contributed by atoms with Gasteiger partial charge in [-0.2, -0.15) is 0 Å². The SMILES string of the molecule is COc1ccc(NC(=O)c2cnc(SC)nc2N2CCN(CCO)CC2)cc1OC. The largest absolute Gasteiger partial charge is 0.493 e. The third-order valence-electron chi connectivity index (χ3n) is 4.90. The Morgan fingerprint density at radius 1 is 1.20 bits per heavy atom. The highest BCUT2D eigenvalue weighted by Crippen LogP contribution is 2.30. The van der Waals surface area contributed by atoms with E-state index in [1.165, 1.54) is 11.8 Å². The maximum Gasteiger partial charge on any atom is 0.261 e. The number of anilines is 2. The van der Waals surface area contributed by atoms with Crippen molar-refractivity contribution < 1.29 is 19.4 Å². The van der Waals surface area contributed by atoms with Crippen molar-refractivity contribution in [1.82, 2.24) is 14.9 Å². The van der Waals surface area contributed by atoms with Gasteiger partial charge >= 0.3 is 0 Å². The molecule has 1 saturated heterocycles. The molecule has 0 unspecified atom stereocenters. The summed E-state index contributed by atoms with van der Waals surface area (Å²) >= 11 is 1.43. The van der Waals surface area contributed by atoms with Crippen LogP contribution in [0.4, 0.5) is 11.5 Å². The fourth-order valence-corrected chi connectivity index (χ4v) is 3.63. The van der Waals surface area contributed by atoms with Gasteiger partial charge in [-0.05, 0) is 18.4 Å². The fourth-order valence-electron chi connectivity index (χ4n) is 3.29. The van der Waals surface area contributed by atoms with Crippen molar-refractivity contribution in [3.63, 3.8) is 0 Å². The minimum Gasteiger partial charge on any atom is -0.493 e. The van der Waals surface area contributed by atoms with Gasteiger partial charge in [0.15, 0.2) is 16.7 Å². The Morgan fingerprint density at radius 3 is 2.57 bits per heavy atom. The van der Waals surface area contributed by atoms with E-state index in [0.717, 1.165) is 26.2 Å². The van der Waals surface area contributed by atoms with Crippen molar-refractivity contribution in [3.05, 3.63) is 30.0 Å². The molecule has 0 bridgehead atoms. The molecule has 1 aliphatic rings. The number of nitrogens with zero attached hydrogens (tertiary/aromatic N) is 4. The number of carbonyl (C=O) groups excluding carboxylic acids is 1. The highest BCUT2D eigenvalue weighted by Gasteiger charge is 2.24. The van der Waals surface area contributed by atoms with Gasteiger partial charge in [-0.1, -0.05) is 11.8 Å². The summed E-state index contributed by atoms with van der Waals surface area (Å²) in [4.78, 5) is 26.3. The Balaban J connectivity index is 1.82. The molecule has 0 aliphatic carbocycles. The van der Waals surface area contributed by atoms with Crippen LogP contribution in [0.2, 0.25) is 0 Å². The zero-order chi connectivity index (χ0) is 21.5. The lowest BCUT2D eigenvalue weighted by Gasteiger charge is -2.35. The molecular weight excluding hydrogens is 406 g/mol. The average molecular weight is 434 g/mol. The highest BCUT2D eigenvalue weighted by atomic mass is 32.2. The van der Waals surface area contributed by atoms with Crippen molar-refractivity contribution in [2.75, 3.05) is 70.0 Å². The Hall–Kier alpha value is -2.56. The number of rotatable bonds is 8. The molecule has 2 heterocycles. The maximum absolute atomic E-state index is 13.1. The summed E-state index contributed by atoms with van der Waals surface area (Å²) < 4.78 is 10.6. The first-order valence-electron chi connectivity index (χ1n) is 9.62. The van der Waals surface area contributed by atoms with Crippen LogP contribution in [-0.2, 0) is 0 Å². The van der Waals surface area contributed by atoms with E-state index in [1.54, 1.807) is 38.6 Å². The van der Waals surface area contributed by atoms with Crippen molar-refractivity contribution in [1.29, 1.82) is 0 Å². The molecule has 3 rings (SSSR count). The topological polar surface area (TPSA) is 100 Å². The maximum atomic E-state index is 13.1. The van der Waals surface area contributed by atoms with Crippen LogP contribution in [0.25, 0.3) is 0 Å². The number of aliphatic hydroxyl groups excluding tert-OH is 1. The summed E-state index contributed by atoms with van der Waals surface area (Å²) in [6, 6.07) is 5.20. The number of methoxy groups -OCH3 is 2. The lowest BCUT2D eigenvalue weighted by Crippen LogP contribution is -2.48. The lowest BCUT2D eigenvalue weighted by molar-refractivity contribution is 0.102. The molecule has 1 aliphatic heterocycles. The Morgan fingerprint density at radius 2 is 1.93 bits per heavy atom. The molecule has 162 valence electrons. The van der Waals surface area contributed by atoms with Gasteiger partial charge in [0.05, 0.1) is 20.8 Å². The molecule has 1 fully saturated rings. The van der Waals surface area contributed by atoms with Crippen LogP contribution in [0.1, 0.15) is 10.4 Å². The molecular formula is C20H27N5O4S. The van der Waals surface area contributed by atoms with E-state index >= 15 is 0 Å². The van der Waals surface area contributed by atoms with Crippen LogP contribution in [-0.4, -0.2) is 85.7 Å². The van der Waals surface area contributed by atoms with E-state index in [0.29, 0.717) is 40.3 Å². The molecule has 1 amide bonds. The van der Waals surface area contributed by atoms with E-state index in [-0.39, 0.29) is 12.5 Å². The zero-order valence-corrected chi connectivity index (χ0v) is 18.2. The third-order valence-corrected chi connectivity index (χ3v) is 5.47. The zero-order valence-electron chi connectivity index (χ0n) is 17.4. The second-order valence-electron chi connectivity index (χ2n) is 6.67. The van der Waals surface area contributed by atoms with Gasteiger partial charge in [0.1, 0.15) is 11.4 Å². The monoisotopic (exact) mass is 433 g/mol. The molecule has 1 aromatic carbocycles. The summed E-state index contributed by atoms with van der Waals surface area (Å²) in [5.74, 6) is 1.45. The molecule has 0 saturated carbocycles. The standard InChI is InChI=1S/C20H27N5O4S/c1-28-16-5-4-14(12-17(16)29-2)22-19(27)15-13-21-20(30-3)23-18(15)25-8-6-24(7-9-25)10-11-26/h4-5,12-13,26H,6-11H2,1-3H3,(H,22,27). The number of aromatic nitrogens is 2. The predicted octanol–water partition coefficient (Wildman–Crippen LogP) is 1.58. The van der Waals surface area contributed by atoms with Gasteiger partial charge in [-0.15, -0.1) is 0 Å². The van der Waals surface area contributed by atoms with Crippen LogP contribution >= 0.6 is 11.8 Å². The van der Waals surface area contributed by atoms with E-state index in [4.69, 9.17) is 14.6 Å². The molecule has 2 aromatic rings. The number of aliphatic hydroxyl groups is 1. The van der Waals surface area contributed by atoms with Crippen LogP contribution in [0.5, 0.6) is 11.5 Å². The molecule has 1 aromatic heterocycles. The quantitative estimate of drug-likeness (QED) is 0.475. The smallest absolute Gasteiger partial charge is 0.261 e. The first-order valence-corrected chi connectivity index (χ1v) is 10.8. The molecule has 10 heteroatoms. The first kappa shape index (κ1) is 22.1. The van der Waals surface area contributed by atoms with Crippen molar-refractivity contribution in [2.24, 2.45) is 0 Å². The van der Waals surface area contributed by atoms with E-state index in [2.05, 4.69) is 25.1 Å². The number of ether oxygens (including phenoxy) is 2. The first-order chi connectivity index (χ1) is 14.6. The molecule has 0 spiro atoms. The molecule has 0 atom stereocenters. The second kappa shape index (κ2) is 10.5. The number of amides is 1. The van der Waals surface area contributed by atoms with Crippen molar-refractivity contribution >= 4 is 29.2 Å². The second-order valence-corrected chi connectivity index (χ2v) is 7.44. The number of hydrogen-bond acceptors (Lipinski definition) is 9.